The van der Waals surface area contributed by atoms with Crippen molar-refractivity contribution in [3.63, 3.8) is 0 Å². The van der Waals surface area contributed by atoms with Crippen LogP contribution in [0.15, 0.2) is 73.8 Å². The Morgan fingerprint density at radius 3 is 0.735 bits per heavy atom. The van der Waals surface area contributed by atoms with Gasteiger partial charge in [-0.3, -0.25) is 9.59 Å². The van der Waals surface area contributed by atoms with Crippen LogP contribution in [0.3, 0.4) is 0 Å². The van der Waals surface area contributed by atoms with Crippen molar-refractivity contribution in [3.05, 3.63) is 96.1 Å². The minimum absolute atomic E-state index is 0.192. The van der Waals surface area contributed by atoms with Gasteiger partial charge in [0.05, 0.1) is 0 Å². The predicted molar refractivity (Wildman–Crippen MR) is 413 cm³/mol. The third kappa shape index (κ3) is 23.3. The van der Waals surface area contributed by atoms with Crippen LogP contribution in [0, 0.1) is 118 Å². The molecule has 0 saturated heterocycles. The SMILES string of the molecule is C=CC(=O)OC1(C#Cc2ccc(C#CC3(OC(=O)CCCCCCC(=O)OC4(C#Cc5ccc(C#CC6(OC(=O)C=C)CCC(C7CCC(CCC)CC7)CC6)cc5)CCC(C5CCC(CCC)CC5)CC4)CCC(C4CCC(CCC)CC4)CC3)cc2)CCC(C2CCC(CCC)CC2)CC1. The van der Waals surface area contributed by atoms with Gasteiger partial charge in [0.25, 0.3) is 0 Å². The number of hydrogen-bond donors (Lipinski definition) is 0. The maximum absolute atomic E-state index is 14.0. The molecule has 0 bridgehead atoms. The van der Waals surface area contributed by atoms with Crippen molar-refractivity contribution in [1.29, 1.82) is 0 Å². The molecule has 8 aliphatic rings. The van der Waals surface area contributed by atoms with E-state index in [1.54, 1.807) is 0 Å². The quantitative estimate of drug-likeness (QED) is 0.0318. The van der Waals surface area contributed by atoms with Crippen molar-refractivity contribution in [2.75, 3.05) is 0 Å². The lowest BCUT2D eigenvalue weighted by Crippen LogP contribution is -2.39. The molecule has 0 radical (unpaired) electrons. The number of unbranched alkanes of at least 4 members (excludes halogenated alkanes) is 3. The highest BCUT2D eigenvalue weighted by Gasteiger charge is 2.45. The molecular formula is C94H130O8. The summed E-state index contributed by atoms with van der Waals surface area (Å²) in [5.41, 5.74) is 0.0994. The second kappa shape index (κ2) is 39.4. The Morgan fingerprint density at radius 1 is 0.324 bits per heavy atom. The lowest BCUT2D eigenvalue weighted by atomic mass is 9.67. The Bertz CT molecular complexity index is 3020. The Hall–Kier alpha value is -5.96. The van der Waals surface area contributed by atoms with E-state index >= 15 is 0 Å². The van der Waals surface area contributed by atoms with Crippen molar-refractivity contribution in [1.82, 2.24) is 0 Å². The monoisotopic (exact) mass is 1390 g/mol. The van der Waals surface area contributed by atoms with Gasteiger partial charge in [0.15, 0.2) is 22.4 Å². The maximum atomic E-state index is 14.0. The van der Waals surface area contributed by atoms with Gasteiger partial charge in [-0.05, 0) is 310 Å². The summed E-state index contributed by atoms with van der Waals surface area (Å²) in [6.45, 7) is 16.6. The fraction of sp³-hybridized carbons (Fsp3) is 0.702. The molecule has 8 heteroatoms. The zero-order valence-electron chi connectivity index (χ0n) is 63.9. The first-order valence-corrected chi connectivity index (χ1v) is 42.1. The van der Waals surface area contributed by atoms with E-state index < -0.39 is 34.3 Å². The summed E-state index contributed by atoms with van der Waals surface area (Å²) < 4.78 is 25.3. The first kappa shape index (κ1) is 78.6. The Balaban J connectivity index is 0.733. The predicted octanol–water partition coefficient (Wildman–Crippen LogP) is 22.8. The van der Waals surface area contributed by atoms with Crippen LogP contribution in [0.4, 0.5) is 0 Å². The second-order valence-corrected chi connectivity index (χ2v) is 33.9. The topological polar surface area (TPSA) is 105 Å². The van der Waals surface area contributed by atoms with Crippen molar-refractivity contribution in [3.8, 4) is 47.4 Å². The smallest absolute Gasteiger partial charge is 0.331 e. The molecule has 8 nitrogen and oxygen atoms in total. The number of carbonyl (C=O) groups excluding carboxylic acids is 4. The molecule has 0 aliphatic heterocycles. The molecule has 0 unspecified atom stereocenters. The van der Waals surface area contributed by atoms with Crippen LogP contribution in [-0.2, 0) is 38.1 Å². The summed E-state index contributed by atoms with van der Waals surface area (Å²) in [6, 6.07) is 16.1. The number of benzene rings is 2. The summed E-state index contributed by atoms with van der Waals surface area (Å²) in [7, 11) is 0. The van der Waals surface area contributed by atoms with Gasteiger partial charge >= 0.3 is 23.9 Å². The van der Waals surface area contributed by atoms with Crippen LogP contribution in [0.2, 0.25) is 0 Å². The van der Waals surface area contributed by atoms with Crippen molar-refractivity contribution in [2.45, 2.75) is 345 Å². The molecule has 2 aromatic carbocycles. The van der Waals surface area contributed by atoms with Gasteiger partial charge in [-0.15, -0.1) is 0 Å². The van der Waals surface area contributed by atoms with Crippen LogP contribution in [-0.4, -0.2) is 46.3 Å². The first-order valence-electron chi connectivity index (χ1n) is 42.1. The Labute approximate surface area is 618 Å². The highest BCUT2D eigenvalue weighted by molar-refractivity contribution is 5.82. The molecule has 8 saturated carbocycles. The average Bonchev–Trinajstić information content (AvgIpc) is 0.812. The summed E-state index contributed by atoms with van der Waals surface area (Å²) >= 11 is 0. The van der Waals surface area contributed by atoms with E-state index in [2.05, 4.69) is 88.2 Å². The standard InChI is InChI=1S/C94H130O8/c1-7-17-71-31-39-79(40-32-71)83-51-63-91(64-52-83,99-87(95)11-5)59-47-75-23-27-77(28-24-75)49-61-93(67-55-85(56-68-93)81-43-35-73(19-9-3)36-44-81)101-89(97)21-15-13-14-16-22-90(98)102-94(69-57-86(58-70-94)82-45-37-74(20-10-4)38-46-82)62-50-78-29-25-76(26-30-78)48-60-92(100-88(96)12-6)65-53-84(54-66-92)80-41-33-72(18-8-2)34-42-80/h11-12,23-30,71-74,79-86H,5-10,13-22,31-46,51-58,63-70H2,1-4H3. The molecule has 0 amide bonds. The van der Waals surface area contributed by atoms with Crippen LogP contribution in [0.25, 0.3) is 0 Å². The number of esters is 4. The minimum atomic E-state index is -0.839. The second-order valence-electron chi connectivity index (χ2n) is 33.9. The van der Waals surface area contributed by atoms with E-state index in [-0.39, 0.29) is 11.9 Å². The van der Waals surface area contributed by atoms with Crippen LogP contribution in [0.1, 0.15) is 345 Å². The van der Waals surface area contributed by atoms with Gasteiger partial charge in [0, 0.05) is 47.2 Å². The van der Waals surface area contributed by atoms with Gasteiger partial charge in [-0.2, -0.15) is 0 Å². The fourth-order valence-corrected chi connectivity index (χ4v) is 20.7. The molecule has 2 aromatic rings. The molecule has 10 rings (SSSR count). The molecule has 102 heavy (non-hydrogen) atoms. The van der Waals surface area contributed by atoms with Gasteiger partial charge < -0.3 is 18.9 Å². The summed E-state index contributed by atoms with van der Waals surface area (Å²) in [4.78, 5) is 53.5. The van der Waals surface area contributed by atoms with E-state index in [0.717, 1.165) is 185 Å². The molecule has 0 heterocycles. The molecular weight excluding hydrogens is 1260 g/mol. The molecule has 0 spiro atoms. The van der Waals surface area contributed by atoms with Crippen LogP contribution < -0.4 is 0 Å². The minimum Gasteiger partial charge on any atom is -0.446 e. The first-order chi connectivity index (χ1) is 49.6. The van der Waals surface area contributed by atoms with E-state index in [0.29, 0.717) is 49.4 Å². The summed E-state index contributed by atoms with van der Waals surface area (Å²) in [5.74, 6) is 35.7. The third-order valence-electron chi connectivity index (χ3n) is 26.9. The average molecular weight is 1390 g/mol. The Morgan fingerprint density at radius 2 is 0.529 bits per heavy atom. The summed E-state index contributed by atoms with van der Waals surface area (Å²) in [5, 5.41) is 0. The van der Waals surface area contributed by atoms with Crippen molar-refractivity contribution >= 4 is 23.9 Å². The zero-order chi connectivity index (χ0) is 71.6. The summed E-state index contributed by atoms with van der Waals surface area (Å²) in [6.07, 6.45) is 52.0. The van der Waals surface area contributed by atoms with E-state index in [9.17, 15) is 19.2 Å². The van der Waals surface area contributed by atoms with Crippen LogP contribution >= 0.6 is 0 Å². The molecule has 554 valence electrons. The molecule has 0 atom stereocenters. The Kier molecular flexibility index (Phi) is 30.4. The molecule has 0 N–H and O–H groups in total. The highest BCUT2D eigenvalue weighted by atomic mass is 16.6. The number of ether oxygens (including phenoxy) is 4. The molecule has 0 aromatic heterocycles. The molecule has 8 aliphatic carbocycles. The number of carbonyl (C=O) groups is 4. The zero-order valence-corrected chi connectivity index (χ0v) is 63.9. The number of hydrogen-bond acceptors (Lipinski definition) is 8. The largest absolute Gasteiger partial charge is 0.446 e. The van der Waals surface area contributed by atoms with Crippen LogP contribution in [0.5, 0.6) is 0 Å². The maximum Gasteiger partial charge on any atom is 0.331 e. The lowest BCUT2D eigenvalue weighted by molar-refractivity contribution is -0.159. The van der Waals surface area contributed by atoms with Gasteiger partial charge in [0.2, 0.25) is 0 Å². The molecule has 8 fully saturated rings. The van der Waals surface area contributed by atoms with Gasteiger partial charge in [-0.1, -0.05) is 180 Å². The lowest BCUT2D eigenvalue weighted by Gasteiger charge is -2.41. The highest BCUT2D eigenvalue weighted by Crippen LogP contribution is 2.49. The van der Waals surface area contributed by atoms with E-state index in [4.69, 9.17) is 18.9 Å². The van der Waals surface area contributed by atoms with Gasteiger partial charge in [0.1, 0.15) is 0 Å². The third-order valence-corrected chi connectivity index (χ3v) is 26.9. The van der Waals surface area contributed by atoms with Crippen molar-refractivity contribution < 1.29 is 38.1 Å². The number of rotatable bonds is 25. The van der Waals surface area contributed by atoms with E-state index in [1.165, 1.54) is 166 Å². The van der Waals surface area contributed by atoms with Gasteiger partial charge in [-0.25, -0.2) is 9.59 Å². The van der Waals surface area contributed by atoms with Crippen molar-refractivity contribution in [2.24, 2.45) is 71.0 Å². The normalized spacial score (nSPS) is 32.5. The fourth-order valence-electron chi connectivity index (χ4n) is 20.7. The van der Waals surface area contributed by atoms with E-state index in [1.807, 2.05) is 48.5 Å².